The lowest BCUT2D eigenvalue weighted by Crippen LogP contribution is -1.80. The van der Waals surface area contributed by atoms with Crippen molar-refractivity contribution in [2.45, 2.75) is 9.79 Å². The summed E-state index contributed by atoms with van der Waals surface area (Å²) in [5, 5.41) is 2.53. The van der Waals surface area contributed by atoms with E-state index in [1.54, 1.807) is 41.7 Å². The van der Waals surface area contributed by atoms with E-state index in [-0.39, 0.29) is 0 Å². The normalized spacial score (nSPS) is 10.8. The zero-order valence-corrected chi connectivity index (χ0v) is 14.7. The average molecular weight is 383 g/mol. The van der Waals surface area contributed by atoms with Crippen LogP contribution in [0.25, 0.3) is 0 Å². The minimum Gasteiger partial charge on any atom is -0.125 e. The predicted octanol–water partition coefficient (Wildman–Crippen LogP) is 7.35. The van der Waals surface area contributed by atoms with Crippen LogP contribution in [0.2, 0.25) is 20.1 Å². The van der Waals surface area contributed by atoms with Gasteiger partial charge in [0.2, 0.25) is 0 Å². The molecule has 6 heteroatoms. The molecule has 0 saturated carbocycles. The molecule has 105 valence electrons. The fourth-order valence-corrected chi connectivity index (χ4v) is 3.90. The first-order valence-electron chi connectivity index (χ1n) is 5.57. The summed E-state index contributed by atoms with van der Waals surface area (Å²) in [5.74, 6) is 2.90. The Bertz CT molecular complexity index is 602. The van der Waals surface area contributed by atoms with E-state index in [1.165, 1.54) is 0 Å². The SMILES string of the molecule is Clc1ccc(Cl)c(S[CH]CSc2ccc(Cl)c(Cl)c2)c1. The second-order valence-electron chi connectivity index (χ2n) is 3.75. The van der Waals surface area contributed by atoms with Crippen LogP contribution in [0.3, 0.4) is 0 Å². The molecule has 0 aromatic heterocycles. The molecular formula is C14H9Cl4S2. The first-order valence-corrected chi connectivity index (χ1v) is 8.95. The monoisotopic (exact) mass is 381 g/mol. The molecule has 0 aliphatic heterocycles. The lowest BCUT2D eigenvalue weighted by Gasteiger charge is -2.05. The molecule has 0 aliphatic rings. The third-order valence-corrected chi connectivity index (χ3v) is 5.79. The van der Waals surface area contributed by atoms with Crippen molar-refractivity contribution in [2.24, 2.45) is 0 Å². The summed E-state index contributed by atoms with van der Waals surface area (Å²) in [6.45, 7) is 0. The molecule has 0 fully saturated rings. The van der Waals surface area contributed by atoms with Gasteiger partial charge >= 0.3 is 0 Å². The van der Waals surface area contributed by atoms with Crippen molar-refractivity contribution in [3.63, 3.8) is 0 Å². The van der Waals surface area contributed by atoms with Crippen LogP contribution >= 0.6 is 69.9 Å². The summed E-state index contributed by atoms with van der Waals surface area (Å²) in [6.07, 6.45) is 0. The van der Waals surface area contributed by atoms with E-state index in [9.17, 15) is 0 Å². The van der Waals surface area contributed by atoms with Crippen molar-refractivity contribution in [2.75, 3.05) is 5.75 Å². The molecule has 0 saturated heterocycles. The number of halogens is 4. The molecule has 0 aliphatic carbocycles. The Morgan fingerprint density at radius 1 is 0.850 bits per heavy atom. The van der Waals surface area contributed by atoms with E-state index in [1.807, 2.05) is 18.2 Å². The van der Waals surface area contributed by atoms with Gasteiger partial charge in [0.1, 0.15) is 0 Å². The highest BCUT2D eigenvalue weighted by molar-refractivity contribution is 8.04. The highest BCUT2D eigenvalue weighted by atomic mass is 35.5. The van der Waals surface area contributed by atoms with Gasteiger partial charge in [-0.15, -0.1) is 23.5 Å². The highest BCUT2D eigenvalue weighted by Gasteiger charge is 2.04. The molecule has 0 atom stereocenters. The molecule has 0 heterocycles. The van der Waals surface area contributed by atoms with Crippen molar-refractivity contribution in [1.82, 2.24) is 0 Å². The predicted molar refractivity (Wildman–Crippen MR) is 93.8 cm³/mol. The van der Waals surface area contributed by atoms with Crippen LogP contribution in [0.4, 0.5) is 0 Å². The van der Waals surface area contributed by atoms with Gasteiger partial charge in [-0.1, -0.05) is 46.4 Å². The van der Waals surface area contributed by atoms with Gasteiger partial charge in [0, 0.05) is 26.3 Å². The quantitative estimate of drug-likeness (QED) is 0.391. The van der Waals surface area contributed by atoms with Crippen LogP contribution in [0.5, 0.6) is 0 Å². The second kappa shape index (κ2) is 8.07. The molecule has 20 heavy (non-hydrogen) atoms. The van der Waals surface area contributed by atoms with E-state index >= 15 is 0 Å². The summed E-state index contributed by atoms with van der Waals surface area (Å²) >= 11 is 27.1. The Morgan fingerprint density at radius 2 is 1.60 bits per heavy atom. The molecule has 2 aromatic carbocycles. The topological polar surface area (TPSA) is 0 Å². The zero-order chi connectivity index (χ0) is 14.5. The third kappa shape index (κ3) is 4.94. The largest absolute Gasteiger partial charge is 0.125 e. The Labute approximate surface area is 147 Å². The zero-order valence-electron chi connectivity index (χ0n) is 10.1. The Hall–Kier alpha value is 0.300. The van der Waals surface area contributed by atoms with E-state index in [2.05, 4.69) is 5.75 Å². The van der Waals surface area contributed by atoms with Crippen molar-refractivity contribution < 1.29 is 0 Å². The number of hydrogen-bond acceptors (Lipinski definition) is 2. The smallest absolute Gasteiger partial charge is 0.0603 e. The van der Waals surface area contributed by atoms with Gasteiger partial charge in [0.05, 0.1) is 15.1 Å². The maximum Gasteiger partial charge on any atom is 0.0603 e. The Morgan fingerprint density at radius 3 is 2.35 bits per heavy atom. The van der Waals surface area contributed by atoms with E-state index in [0.717, 1.165) is 15.5 Å². The fourth-order valence-electron chi connectivity index (χ4n) is 1.39. The molecular weight excluding hydrogens is 374 g/mol. The fraction of sp³-hybridized carbons (Fsp3) is 0.0714. The number of benzene rings is 2. The first-order chi connectivity index (χ1) is 9.56. The van der Waals surface area contributed by atoms with Crippen molar-refractivity contribution in [3.8, 4) is 0 Å². The van der Waals surface area contributed by atoms with Gasteiger partial charge in [-0.2, -0.15) is 0 Å². The third-order valence-electron chi connectivity index (χ3n) is 2.31. The van der Waals surface area contributed by atoms with E-state index in [0.29, 0.717) is 20.1 Å². The Balaban J connectivity index is 1.84. The van der Waals surface area contributed by atoms with Gasteiger partial charge < -0.3 is 0 Å². The van der Waals surface area contributed by atoms with Crippen molar-refractivity contribution in [3.05, 3.63) is 62.2 Å². The summed E-state index contributed by atoms with van der Waals surface area (Å²) in [4.78, 5) is 2.03. The number of rotatable bonds is 5. The van der Waals surface area contributed by atoms with E-state index in [4.69, 9.17) is 46.4 Å². The molecule has 0 spiro atoms. The maximum absolute atomic E-state index is 6.09. The summed E-state index contributed by atoms with van der Waals surface area (Å²) in [5.41, 5.74) is 0. The van der Waals surface area contributed by atoms with Crippen LogP contribution in [-0.4, -0.2) is 5.75 Å². The molecule has 0 unspecified atom stereocenters. The molecule has 0 amide bonds. The number of hydrogen-bond donors (Lipinski definition) is 0. The van der Waals surface area contributed by atoms with Gasteiger partial charge in [-0.05, 0) is 36.4 Å². The summed E-state index contributed by atoms with van der Waals surface area (Å²) < 4.78 is 0. The van der Waals surface area contributed by atoms with Gasteiger partial charge in [0.15, 0.2) is 0 Å². The lowest BCUT2D eigenvalue weighted by atomic mass is 10.4. The minimum absolute atomic E-state index is 0.570. The van der Waals surface area contributed by atoms with Crippen LogP contribution < -0.4 is 0 Å². The van der Waals surface area contributed by atoms with Crippen LogP contribution in [0.15, 0.2) is 46.2 Å². The average Bonchev–Trinajstić information content (AvgIpc) is 2.42. The standard InChI is InChI=1S/C14H9Cl4S2/c15-9-1-3-12(17)14(7-9)20-6-5-19-10-2-4-11(16)13(18)8-10/h1-4,6-8H,5H2. The van der Waals surface area contributed by atoms with Crippen molar-refractivity contribution in [1.29, 1.82) is 0 Å². The molecule has 0 bridgehead atoms. The summed E-state index contributed by atoms with van der Waals surface area (Å²) in [6, 6.07) is 11.0. The highest BCUT2D eigenvalue weighted by Crippen LogP contribution is 2.34. The molecule has 0 N–H and O–H groups in total. The minimum atomic E-state index is 0.570. The maximum atomic E-state index is 6.09. The molecule has 2 aromatic rings. The van der Waals surface area contributed by atoms with Crippen LogP contribution in [0, 0.1) is 5.75 Å². The lowest BCUT2D eigenvalue weighted by molar-refractivity contribution is 1.45. The van der Waals surface area contributed by atoms with Crippen LogP contribution in [0.1, 0.15) is 0 Å². The summed E-state index contributed by atoms with van der Waals surface area (Å²) in [7, 11) is 0. The molecule has 2 rings (SSSR count). The first kappa shape index (κ1) is 16.7. The van der Waals surface area contributed by atoms with Gasteiger partial charge in [0.25, 0.3) is 0 Å². The molecule has 1 radical (unpaired) electrons. The van der Waals surface area contributed by atoms with E-state index < -0.39 is 0 Å². The van der Waals surface area contributed by atoms with Gasteiger partial charge in [-0.25, -0.2) is 0 Å². The number of thioether (sulfide) groups is 2. The Kier molecular flexibility index (Phi) is 6.73. The molecule has 0 nitrogen and oxygen atoms in total. The van der Waals surface area contributed by atoms with Crippen molar-refractivity contribution >= 4 is 69.9 Å². The van der Waals surface area contributed by atoms with Gasteiger partial charge in [-0.3, -0.25) is 0 Å². The second-order valence-corrected chi connectivity index (χ2v) is 7.51. The van der Waals surface area contributed by atoms with Crippen LogP contribution in [-0.2, 0) is 0 Å².